The van der Waals surface area contributed by atoms with Crippen molar-refractivity contribution in [1.29, 1.82) is 0 Å². The molecule has 2 aromatic rings. The number of aryl methyl sites for hydroxylation is 1. The first-order valence-electron chi connectivity index (χ1n) is 4.67. The van der Waals surface area contributed by atoms with Crippen LogP contribution in [0.5, 0.6) is 5.75 Å². The van der Waals surface area contributed by atoms with Gasteiger partial charge in [-0.15, -0.1) is 0 Å². The molecule has 0 saturated heterocycles. The number of aromatic nitrogens is 2. The summed E-state index contributed by atoms with van der Waals surface area (Å²) in [5.74, 6) is 1.33. The molecule has 0 aliphatic heterocycles. The standard InChI is InChI=1S/C11H13N3O/c1-7-10(11(12)14-13-7)8-4-3-5-9(6-8)15-2/h3-6H,1-2H3,(H3,12,13,14). The van der Waals surface area contributed by atoms with Crippen molar-refractivity contribution in [2.75, 3.05) is 12.8 Å². The van der Waals surface area contributed by atoms with Crippen molar-refractivity contribution in [3.8, 4) is 16.9 Å². The molecule has 0 fully saturated rings. The molecule has 3 N–H and O–H groups in total. The van der Waals surface area contributed by atoms with Gasteiger partial charge in [0.05, 0.1) is 7.11 Å². The van der Waals surface area contributed by atoms with E-state index in [1.54, 1.807) is 7.11 Å². The van der Waals surface area contributed by atoms with Crippen LogP contribution < -0.4 is 10.5 Å². The summed E-state index contributed by atoms with van der Waals surface area (Å²) in [6.07, 6.45) is 0. The molecule has 0 radical (unpaired) electrons. The third-order valence-corrected chi connectivity index (χ3v) is 2.33. The van der Waals surface area contributed by atoms with Crippen LogP contribution in [0.4, 0.5) is 5.82 Å². The molecule has 0 amide bonds. The number of hydrogen-bond acceptors (Lipinski definition) is 3. The number of ether oxygens (including phenoxy) is 1. The van der Waals surface area contributed by atoms with Crippen molar-refractivity contribution in [2.24, 2.45) is 0 Å². The summed E-state index contributed by atoms with van der Waals surface area (Å²) in [6, 6.07) is 7.75. The van der Waals surface area contributed by atoms with Gasteiger partial charge in [-0.05, 0) is 24.6 Å². The lowest BCUT2D eigenvalue weighted by molar-refractivity contribution is 0.415. The van der Waals surface area contributed by atoms with Gasteiger partial charge >= 0.3 is 0 Å². The highest BCUT2D eigenvalue weighted by Gasteiger charge is 2.09. The maximum atomic E-state index is 5.78. The number of hydrogen-bond donors (Lipinski definition) is 2. The summed E-state index contributed by atoms with van der Waals surface area (Å²) in [5.41, 5.74) is 8.69. The monoisotopic (exact) mass is 203 g/mol. The molecule has 0 atom stereocenters. The van der Waals surface area contributed by atoms with Crippen LogP contribution in [0.1, 0.15) is 5.69 Å². The first kappa shape index (κ1) is 9.58. The van der Waals surface area contributed by atoms with E-state index in [9.17, 15) is 0 Å². The molecule has 0 saturated carbocycles. The highest BCUT2D eigenvalue weighted by Crippen LogP contribution is 2.29. The van der Waals surface area contributed by atoms with Gasteiger partial charge in [-0.1, -0.05) is 12.1 Å². The van der Waals surface area contributed by atoms with Gasteiger partial charge in [0.25, 0.3) is 0 Å². The number of nitrogens with one attached hydrogen (secondary N) is 1. The summed E-state index contributed by atoms with van der Waals surface area (Å²) >= 11 is 0. The minimum absolute atomic E-state index is 0.515. The molecule has 0 unspecified atom stereocenters. The van der Waals surface area contributed by atoms with E-state index in [4.69, 9.17) is 10.5 Å². The molecule has 0 spiro atoms. The molecule has 1 aromatic carbocycles. The fourth-order valence-corrected chi connectivity index (χ4v) is 1.59. The molecule has 0 aliphatic carbocycles. The number of rotatable bonds is 2. The van der Waals surface area contributed by atoms with Gasteiger partial charge < -0.3 is 10.5 Å². The first-order valence-corrected chi connectivity index (χ1v) is 4.67. The van der Waals surface area contributed by atoms with E-state index in [2.05, 4.69) is 10.2 Å². The second-order valence-electron chi connectivity index (χ2n) is 3.34. The van der Waals surface area contributed by atoms with E-state index in [0.717, 1.165) is 22.6 Å². The summed E-state index contributed by atoms with van der Waals surface area (Å²) in [4.78, 5) is 0. The van der Waals surface area contributed by atoms with Crippen molar-refractivity contribution in [1.82, 2.24) is 10.2 Å². The molecule has 4 heteroatoms. The molecule has 15 heavy (non-hydrogen) atoms. The Bertz CT molecular complexity index is 457. The SMILES string of the molecule is COc1cccc(-c2c(N)n[nH]c2C)c1. The van der Waals surface area contributed by atoms with E-state index >= 15 is 0 Å². The molecule has 2 rings (SSSR count). The van der Waals surface area contributed by atoms with E-state index in [1.807, 2.05) is 31.2 Å². The average molecular weight is 203 g/mol. The van der Waals surface area contributed by atoms with Crippen LogP contribution in [0.25, 0.3) is 11.1 Å². The van der Waals surface area contributed by atoms with Gasteiger partial charge in [-0.25, -0.2) is 0 Å². The Morgan fingerprint density at radius 2 is 2.20 bits per heavy atom. The highest BCUT2D eigenvalue weighted by molar-refractivity contribution is 5.76. The Labute approximate surface area is 88.1 Å². The lowest BCUT2D eigenvalue weighted by atomic mass is 10.1. The number of nitrogens with two attached hydrogens (primary N) is 1. The quantitative estimate of drug-likeness (QED) is 0.784. The summed E-state index contributed by atoms with van der Waals surface area (Å²) in [7, 11) is 1.64. The Morgan fingerprint density at radius 1 is 1.40 bits per heavy atom. The summed E-state index contributed by atoms with van der Waals surface area (Å²) < 4.78 is 5.16. The fraction of sp³-hybridized carbons (Fsp3) is 0.182. The topological polar surface area (TPSA) is 63.9 Å². The van der Waals surface area contributed by atoms with Gasteiger partial charge in [0.2, 0.25) is 0 Å². The second kappa shape index (κ2) is 3.65. The zero-order chi connectivity index (χ0) is 10.8. The number of anilines is 1. The molecular weight excluding hydrogens is 190 g/mol. The van der Waals surface area contributed by atoms with Crippen LogP contribution in [0.15, 0.2) is 24.3 Å². The van der Waals surface area contributed by atoms with Crippen molar-refractivity contribution < 1.29 is 4.74 Å². The van der Waals surface area contributed by atoms with Crippen molar-refractivity contribution >= 4 is 5.82 Å². The summed E-state index contributed by atoms with van der Waals surface area (Å²) in [6.45, 7) is 1.94. The van der Waals surface area contributed by atoms with Gasteiger partial charge in [-0.3, -0.25) is 5.10 Å². The molecule has 78 valence electrons. The van der Waals surface area contributed by atoms with E-state index in [-0.39, 0.29) is 0 Å². The molecular formula is C11H13N3O. The predicted molar refractivity (Wildman–Crippen MR) is 59.7 cm³/mol. The number of nitrogens with zero attached hydrogens (tertiary/aromatic N) is 1. The Balaban J connectivity index is 2.53. The number of methoxy groups -OCH3 is 1. The fourth-order valence-electron chi connectivity index (χ4n) is 1.59. The van der Waals surface area contributed by atoms with Crippen molar-refractivity contribution in [3.05, 3.63) is 30.0 Å². The molecule has 0 bridgehead atoms. The maximum absolute atomic E-state index is 5.78. The molecule has 1 heterocycles. The predicted octanol–water partition coefficient (Wildman–Crippen LogP) is 1.98. The average Bonchev–Trinajstić information content (AvgIpc) is 2.59. The van der Waals surface area contributed by atoms with Crippen LogP contribution in [0.3, 0.4) is 0 Å². The second-order valence-corrected chi connectivity index (χ2v) is 3.34. The molecule has 0 aliphatic rings. The minimum Gasteiger partial charge on any atom is -0.497 e. The lowest BCUT2D eigenvalue weighted by Gasteiger charge is -2.04. The normalized spacial score (nSPS) is 10.3. The first-order chi connectivity index (χ1) is 7.22. The van der Waals surface area contributed by atoms with Crippen molar-refractivity contribution in [3.63, 3.8) is 0 Å². The van der Waals surface area contributed by atoms with E-state index in [1.165, 1.54) is 0 Å². The third-order valence-electron chi connectivity index (χ3n) is 2.33. The molecule has 4 nitrogen and oxygen atoms in total. The largest absolute Gasteiger partial charge is 0.497 e. The maximum Gasteiger partial charge on any atom is 0.153 e. The Morgan fingerprint density at radius 3 is 2.80 bits per heavy atom. The van der Waals surface area contributed by atoms with Crippen molar-refractivity contribution in [2.45, 2.75) is 6.92 Å². The van der Waals surface area contributed by atoms with Crippen LogP contribution in [0.2, 0.25) is 0 Å². The smallest absolute Gasteiger partial charge is 0.153 e. The highest BCUT2D eigenvalue weighted by atomic mass is 16.5. The number of aromatic amines is 1. The van der Waals surface area contributed by atoms with Gasteiger partial charge in [0, 0.05) is 11.3 Å². The lowest BCUT2D eigenvalue weighted by Crippen LogP contribution is -1.89. The number of nitrogen functional groups attached to an aromatic ring is 1. The summed E-state index contributed by atoms with van der Waals surface area (Å²) in [5, 5.41) is 6.82. The molecule has 1 aromatic heterocycles. The minimum atomic E-state index is 0.515. The zero-order valence-electron chi connectivity index (χ0n) is 8.74. The van der Waals surface area contributed by atoms with Gasteiger partial charge in [0.15, 0.2) is 5.82 Å². The van der Waals surface area contributed by atoms with Crippen LogP contribution in [-0.4, -0.2) is 17.3 Å². The third kappa shape index (κ3) is 1.66. The van der Waals surface area contributed by atoms with Crippen LogP contribution in [-0.2, 0) is 0 Å². The van der Waals surface area contributed by atoms with E-state index in [0.29, 0.717) is 5.82 Å². The van der Waals surface area contributed by atoms with Gasteiger partial charge in [-0.2, -0.15) is 5.10 Å². The van der Waals surface area contributed by atoms with Crippen LogP contribution in [0, 0.1) is 6.92 Å². The Hall–Kier alpha value is -1.97. The number of H-pyrrole nitrogens is 1. The van der Waals surface area contributed by atoms with E-state index < -0.39 is 0 Å². The Kier molecular flexibility index (Phi) is 2.33. The van der Waals surface area contributed by atoms with Crippen LogP contribution >= 0.6 is 0 Å². The number of benzene rings is 1. The zero-order valence-corrected chi connectivity index (χ0v) is 8.74. The van der Waals surface area contributed by atoms with Gasteiger partial charge in [0.1, 0.15) is 5.75 Å².